The molecule has 7 nitrogen and oxygen atoms in total. The van der Waals surface area contributed by atoms with Gasteiger partial charge in [0.05, 0.1) is 32.7 Å². The SMILES string of the molecule is C[C@@H](C(=O)Nc1ccc2c(c1)sc(=O)n2C)N(c1ccc(Cl)c(C(F)(F)F)c1)S(C)(=O)=O. The Hall–Kier alpha value is -2.57. The zero-order chi connectivity index (χ0) is 24.0. The molecule has 0 aliphatic heterocycles. The van der Waals surface area contributed by atoms with Gasteiger partial charge in [-0.2, -0.15) is 13.2 Å². The van der Waals surface area contributed by atoms with Crippen LogP contribution in [-0.4, -0.2) is 31.2 Å². The lowest BCUT2D eigenvalue weighted by molar-refractivity contribution is -0.137. The number of halogens is 4. The Labute approximate surface area is 190 Å². The number of aryl methyl sites for hydroxylation is 1. The first-order valence-electron chi connectivity index (χ1n) is 8.96. The van der Waals surface area contributed by atoms with Crippen molar-refractivity contribution in [2.24, 2.45) is 7.05 Å². The maximum atomic E-state index is 13.2. The largest absolute Gasteiger partial charge is 0.417 e. The van der Waals surface area contributed by atoms with Crippen LogP contribution < -0.4 is 14.5 Å². The van der Waals surface area contributed by atoms with Crippen LogP contribution >= 0.6 is 22.9 Å². The number of carbonyl (C=O) groups excluding carboxylic acids is 1. The van der Waals surface area contributed by atoms with Crippen LogP contribution in [0.15, 0.2) is 41.2 Å². The lowest BCUT2D eigenvalue weighted by atomic mass is 10.1. The first-order chi connectivity index (χ1) is 14.7. The van der Waals surface area contributed by atoms with Crippen molar-refractivity contribution in [1.29, 1.82) is 0 Å². The first kappa shape index (κ1) is 24.1. The minimum absolute atomic E-state index is 0.191. The summed E-state index contributed by atoms with van der Waals surface area (Å²) in [5, 5.41) is 1.95. The van der Waals surface area contributed by atoms with Crippen LogP contribution in [0.2, 0.25) is 5.02 Å². The number of alkyl halides is 3. The number of anilines is 2. The molecule has 0 spiro atoms. The number of benzene rings is 2. The Morgan fingerprint density at radius 1 is 1.22 bits per heavy atom. The predicted molar refractivity (Wildman–Crippen MR) is 119 cm³/mol. The second-order valence-corrected chi connectivity index (χ2v) is 10.3. The van der Waals surface area contributed by atoms with Gasteiger partial charge in [-0.15, -0.1) is 0 Å². The van der Waals surface area contributed by atoms with Crippen LogP contribution in [0.3, 0.4) is 0 Å². The summed E-state index contributed by atoms with van der Waals surface area (Å²) in [4.78, 5) is 24.4. The smallest absolute Gasteiger partial charge is 0.324 e. The number of fused-ring (bicyclic) bond motifs is 1. The third-order valence-corrected chi connectivity index (χ3v) is 7.22. The Morgan fingerprint density at radius 2 is 1.88 bits per heavy atom. The summed E-state index contributed by atoms with van der Waals surface area (Å²) >= 11 is 6.59. The summed E-state index contributed by atoms with van der Waals surface area (Å²) in [6.07, 6.45) is -4.03. The summed E-state index contributed by atoms with van der Waals surface area (Å²) < 4.78 is 67.1. The molecule has 0 saturated heterocycles. The number of thiazole rings is 1. The van der Waals surface area contributed by atoms with Gasteiger partial charge in [-0.05, 0) is 43.3 Å². The van der Waals surface area contributed by atoms with Crippen molar-refractivity contribution in [2.45, 2.75) is 19.1 Å². The highest BCUT2D eigenvalue weighted by atomic mass is 35.5. The molecule has 3 aromatic rings. The molecule has 1 atom stereocenters. The molecule has 1 heterocycles. The summed E-state index contributed by atoms with van der Waals surface area (Å²) in [7, 11) is -2.54. The molecule has 1 aromatic heterocycles. The van der Waals surface area contributed by atoms with Crippen molar-refractivity contribution < 1.29 is 26.4 Å². The average molecular weight is 508 g/mol. The number of nitrogens with one attached hydrogen (secondary N) is 1. The van der Waals surface area contributed by atoms with Crippen LogP contribution in [0.1, 0.15) is 12.5 Å². The van der Waals surface area contributed by atoms with E-state index in [1.165, 1.54) is 17.6 Å². The molecule has 32 heavy (non-hydrogen) atoms. The Morgan fingerprint density at radius 3 is 2.47 bits per heavy atom. The van der Waals surface area contributed by atoms with Crippen LogP contribution in [0.4, 0.5) is 24.5 Å². The van der Waals surface area contributed by atoms with E-state index in [2.05, 4.69) is 5.32 Å². The fourth-order valence-corrected chi connectivity index (χ4v) is 5.44. The monoisotopic (exact) mass is 507 g/mol. The maximum Gasteiger partial charge on any atom is 0.417 e. The van der Waals surface area contributed by atoms with Gasteiger partial charge in [0.15, 0.2) is 0 Å². The van der Waals surface area contributed by atoms with Crippen LogP contribution in [0.5, 0.6) is 0 Å². The summed E-state index contributed by atoms with van der Waals surface area (Å²) in [6, 6.07) is 5.92. The number of hydrogen-bond acceptors (Lipinski definition) is 5. The molecule has 1 N–H and O–H groups in total. The standard InChI is InChI=1S/C19H17ClF3N3O4S2/c1-10(17(27)24-11-4-7-15-16(8-11)31-18(28)25(15)2)26(32(3,29)30)12-5-6-14(20)13(9-12)19(21,22)23/h4-10H,1-3H3,(H,24,27)/t10-/m0/s1. The highest BCUT2D eigenvalue weighted by Crippen LogP contribution is 2.37. The minimum Gasteiger partial charge on any atom is -0.324 e. The van der Waals surface area contributed by atoms with Gasteiger partial charge in [-0.25, -0.2) is 8.42 Å². The Kier molecular flexibility index (Phi) is 6.33. The molecule has 0 bridgehead atoms. The van der Waals surface area contributed by atoms with Gasteiger partial charge in [-0.1, -0.05) is 22.9 Å². The molecule has 2 aromatic carbocycles. The highest BCUT2D eigenvalue weighted by Gasteiger charge is 2.36. The van der Waals surface area contributed by atoms with Crippen molar-refractivity contribution in [2.75, 3.05) is 15.9 Å². The van der Waals surface area contributed by atoms with Gasteiger partial charge in [-0.3, -0.25) is 13.9 Å². The molecular weight excluding hydrogens is 491 g/mol. The van der Waals surface area contributed by atoms with Crippen molar-refractivity contribution in [3.05, 3.63) is 56.7 Å². The average Bonchev–Trinajstić information content (AvgIpc) is 2.94. The highest BCUT2D eigenvalue weighted by molar-refractivity contribution is 7.92. The van der Waals surface area contributed by atoms with Crippen LogP contribution in [0, 0.1) is 0 Å². The van der Waals surface area contributed by atoms with E-state index in [1.54, 1.807) is 19.2 Å². The van der Waals surface area contributed by atoms with Gasteiger partial charge in [0, 0.05) is 12.7 Å². The van der Waals surface area contributed by atoms with Crippen molar-refractivity contribution in [3.8, 4) is 0 Å². The van der Waals surface area contributed by atoms with E-state index in [4.69, 9.17) is 11.6 Å². The fraction of sp³-hybridized carbons (Fsp3) is 0.263. The molecule has 0 aliphatic rings. The molecule has 3 rings (SSSR count). The Balaban J connectivity index is 1.96. The molecule has 0 radical (unpaired) electrons. The normalized spacial score (nSPS) is 13.2. The van der Waals surface area contributed by atoms with Gasteiger partial charge in [0.1, 0.15) is 6.04 Å². The van der Waals surface area contributed by atoms with E-state index in [0.717, 1.165) is 29.7 Å². The van der Waals surface area contributed by atoms with Crippen molar-refractivity contribution in [3.63, 3.8) is 0 Å². The van der Waals surface area contributed by atoms with Gasteiger partial charge in [0.25, 0.3) is 0 Å². The molecule has 0 fully saturated rings. The number of carbonyl (C=O) groups is 1. The molecule has 13 heteroatoms. The number of rotatable bonds is 5. The quantitative estimate of drug-likeness (QED) is 0.564. The third-order valence-electron chi connectivity index (χ3n) is 4.66. The summed E-state index contributed by atoms with van der Waals surface area (Å²) in [5.41, 5.74) is -0.618. The lowest BCUT2D eigenvalue weighted by Gasteiger charge is -2.29. The Bertz CT molecular complexity index is 1370. The molecular formula is C19H17ClF3N3O4S2. The van der Waals surface area contributed by atoms with Gasteiger partial charge in [0.2, 0.25) is 15.9 Å². The van der Waals surface area contributed by atoms with Crippen LogP contribution in [-0.2, 0) is 28.0 Å². The topological polar surface area (TPSA) is 88.5 Å². The number of amides is 1. The number of sulfonamides is 1. The van der Waals surface area contributed by atoms with Gasteiger partial charge >= 0.3 is 11.0 Å². The number of hydrogen-bond donors (Lipinski definition) is 1. The molecule has 0 unspecified atom stereocenters. The van der Waals surface area contributed by atoms with E-state index in [-0.39, 0.29) is 10.6 Å². The van der Waals surface area contributed by atoms with Crippen molar-refractivity contribution in [1.82, 2.24) is 4.57 Å². The lowest BCUT2D eigenvalue weighted by Crippen LogP contribution is -2.45. The van der Waals surface area contributed by atoms with Crippen molar-refractivity contribution >= 4 is 60.5 Å². The fourth-order valence-electron chi connectivity index (χ4n) is 3.13. The second kappa shape index (κ2) is 8.41. The maximum absolute atomic E-state index is 13.2. The third kappa shape index (κ3) is 4.76. The zero-order valence-corrected chi connectivity index (χ0v) is 19.3. The van der Waals surface area contributed by atoms with E-state index in [0.29, 0.717) is 26.3 Å². The molecule has 0 saturated carbocycles. The summed E-state index contributed by atoms with van der Waals surface area (Å²) in [5.74, 6) is -0.776. The van der Waals surface area contributed by atoms with E-state index in [1.807, 2.05) is 0 Å². The van der Waals surface area contributed by atoms with Gasteiger partial charge < -0.3 is 9.88 Å². The van der Waals surface area contributed by atoms with E-state index < -0.39 is 38.7 Å². The molecule has 172 valence electrons. The summed E-state index contributed by atoms with van der Waals surface area (Å²) in [6.45, 7) is 1.25. The predicted octanol–water partition coefficient (Wildman–Crippen LogP) is 4.07. The van der Waals surface area contributed by atoms with Crippen LogP contribution in [0.25, 0.3) is 10.2 Å². The molecule has 1 amide bonds. The minimum atomic E-state index is -4.81. The van der Waals surface area contributed by atoms with E-state index in [9.17, 15) is 31.2 Å². The van der Waals surface area contributed by atoms with E-state index >= 15 is 0 Å². The zero-order valence-electron chi connectivity index (χ0n) is 16.9. The first-order valence-corrected chi connectivity index (χ1v) is 12.0. The number of aromatic nitrogens is 1. The number of nitrogens with zero attached hydrogens (tertiary/aromatic N) is 2. The second-order valence-electron chi connectivity index (χ2n) is 7.00. The molecule has 0 aliphatic carbocycles.